The van der Waals surface area contributed by atoms with E-state index in [0.29, 0.717) is 28.8 Å². The molecule has 94 valence electrons. The van der Waals surface area contributed by atoms with E-state index >= 15 is 0 Å². The lowest BCUT2D eigenvalue weighted by molar-refractivity contribution is 0.307. The van der Waals surface area contributed by atoms with Crippen molar-refractivity contribution in [3.05, 3.63) is 53.1 Å². The van der Waals surface area contributed by atoms with Gasteiger partial charge in [0.2, 0.25) is 0 Å². The molecule has 0 unspecified atom stereocenters. The van der Waals surface area contributed by atoms with Crippen LogP contribution in [0.15, 0.2) is 42.5 Å². The highest BCUT2D eigenvalue weighted by Gasteiger charge is 2.02. The van der Waals surface area contributed by atoms with Crippen molar-refractivity contribution in [3.63, 3.8) is 0 Å². The van der Waals surface area contributed by atoms with E-state index in [1.54, 1.807) is 19.2 Å². The van der Waals surface area contributed by atoms with Gasteiger partial charge < -0.3 is 15.2 Å². The molecule has 0 aromatic heterocycles. The summed E-state index contributed by atoms with van der Waals surface area (Å²) in [6.45, 7) is 0.452. The number of benzene rings is 2. The van der Waals surface area contributed by atoms with Gasteiger partial charge in [0.05, 0.1) is 12.8 Å². The standard InChI is InChI=1S/C14H14ClNO2/c1-17-12-6-7-14(13(16)8-12)18-9-10-2-4-11(15)5-3-10/h2-8H,9,16H2,1H3. The number of hydrogen-bond donors (Lipinski definition) is 1. The molecule has 2 aromatic carbocycles. The fourth-order valence-corrected chi connectivity index (χ4v) is 1.65. The molecule has 0 heterocycles. The molecule has 0 atom stereocenters. The zero-order chi connectivity index (χ0) is 13.0. The first-order valence-electron chi connectivity index (χ1n) is 5.50. The average Bonchev–Trinajstić information content (AvgIpc) is 2.39. The third-order valence-electron chi connectivity index (χ3n) is 2.52. The number of ether oxygens (including phenoxy) is 2. The van der Waals surface area contributed by atoms with E-state index in [-0.39, 0.29) is 0 Å². The number of rotatable bonds is 4. The normalized spacial score (nSPS) is 10.1. The Morgan fingerprint density at radius 1 is 1.11 bits per heavy atom. The van der Waals surface area contributed by atoms with Crippen LogP contribution in [0.3, 0.4) is 0 Å². The van der Waals surface area contributed by atoms with Crippen LogP contribution >= 0.6 is 11.6 Å². The van der Waals surface area contributed by atoms with Crippen LogP contribution in [0.1, 0.15) is 5.56 Å². The molecule has 0 radical (unpaired) electrons. The largest absolute Gasteiger partial charge is 0.497 e. The smallest absolute Gasteiger partial charge is 0.142 e. The number of anilines is 1. The summed E-state index contributed by atoms with van der Waals surface area (Å²) < 4.78 is 10.7. The summed E-state index contributed by atoms with van der Waals surface area (Å²) in [6, 6.07) is 12.8. The molecule has 0 aliphatic heterocycles. The van der Waals surface area contributed by atoms with Gasteiger partial charge in [-0.1, -0.05) is 23.7 Å². The van der Waals surface area contributed by atoms with E-state index in [2.05, 4.69) is 0 Å². The monoisotopic (exact) mass is 263 g/mol. The van der Waals surface area contributed by atoms with Crippen molar-refractivity contribution in [2.75, 3.05) is 12.8 Å². The molecule has 2 N–H and O–H groups in total. The van der Waals surface area contributed by atoms with Gasteiger partial charge in [-0.15, -0.1) is 0 Å². The fourth-order valence-electron chi connectivity index (χ4n) is 1.53. The van der Waals surface area contributed by atoms with Crippen LogP contribution in [0.2, 0.25) is 5.02 Å². The van der Waals surface area contributed by atoms with E-state index in [1.807, 2.05) is 30.3 Å². The van der Waals surface area contributed by atoms with E-state index < -0.39 is 0 Å². The van der Waals surface area contributed by atoms with E-state index in [4.69, 9.17) is 26.8 Å². The third-order valence-corrected chi connectivity index (χ3v) is 2.78. The van der Waals surface area contributed by atoms with Crippen LogP contribution in [0.5, 0.6) is 11.5 Å². The van der Waals surface area contributed by atoms with Crippen molar-refractivity contribution in [1.82, 2.24) is 0 Å². The van der Waals surface area contributed by atoms with Crippen molar-refractivity contribution in [3.8, 4) is 11.5 Å². The summed E-state index contributed by atoms with van der Waals surface area (Å²) >= 11 is 5.81. The van der Waals surface area contributed by atoms with Gasteiger partial charge >= 0.3 is 0 Å². The summed E-state index contributed by atoms with van der Waals surface area (Å²) in [4.78, 5) is 0. The van der Waals surface area contributed by atoms with Crippen molar-refractivity contribution >= 4 is 17.3 Å². The molecule has 0 amide bonds. The molecule has 0 fully saturated rings. The van der Waals surface area contributed by atoms with E-state index in [0.717, 1.165) is 5.56 Å². The average molecular weight is 264 g/mol. The maximum Gasteiger partial charge on any atom is 0.142 e. The molecule has 0 saturated heterocycles. The van der Waals surface area contributed by atoms with Gasteiger partial charge in [0.1, 0.15) is 18.1 Å². The molecule has 2 rings (SSSR count). The lowest BCUT2D eigenvalue weighted by Crippen LogP contribution is -1.99. The van der Waals surface area contributed by atoms with Crippen LogP contribution in [0.4, 0.5) is 5.69 Å². The highest BCUT2D eigenvalue weighted by atomic mass is 35.5. The topological polar surface area (TPSA) is 44.5 Å². The molecule has 0 aliphatic carbocycles. The number of nitrogen functional groups attached to an aromatic ring is 1. The summed E-state index contributed by atoms with van der Waals surface area (Å²) in [5.41, 5.74) is 7.45. The van der Waals surface area contributed by atoms with Gasteiger partial charge in [-0.25, -0.2) is 0 Å². The van der Waals surface area contributed by atoms with E-state index in [1.165, 1.54) is 0 Å². The first-order valence-corrected chi connectivity index (χ1v) is 5.87. The molecule has 2 aromatic rings. The Balaban J connectivity index is 2.04. The number of nitrogens with two attached hydrogens (primary N) is 1. The quantitative estimate of drug-likeness (QED) is 0.859. The summed E-state index contributed by atoms with van der Waals surface area (Å²) in [5, 5.41) is 0.711. The highest BCUT2D eigenvalue weighted by Crippen LogP contribution is 2.27. The van der Waals surface area contributed by atoms with Gasteiger partial charge in [0.15, 0.2) is 0 Å². The maximum absolute atomic E-state index is 5.86. The van der Waals surface area contributed by atoms with Crippen molar-refractivity contribution < 1.29 is 9.47 Å². The minimum Gasteiger partial charge on any atom is -0.497 e. The molecule has 0 spiro atoms. The van der Waals surface area contributed by atoms with Crippen molar-refractivity contribution in [2.24, 2.45) is 0 Å². The zero-order valence-electron chi connectivity index (χ0n) is 10.0. The van der Waals surface area contributed by atoms with E-state index in [9.17, 15) is 0 Å². The Morgan fingerprint density at radius 2 is 1.83 bits per heavy atom. The molecule has 4 heteroatoms. The summed E-state index contributed by atoms with van der Waals surface area (Å²) in [7, 11) is 1.60. The van der Waals surface area contributed by atoms with Crippen LogP contribution in [-0.4, -0.2) is 7.11 Å². The predicted molar refractivity (Wildman–Crippen MR) is 73.2 cm³/mol. The first-order chi connectivity index (χ1) is 8.69. The van der Waals surface area contributed by atoms with Gasteiger partial charge in [-0.3, -0.25) is 0 Å². The second-order valence-corrected chi connectivity index (χ2v) is 4.26. The van der Waals surface area contributed by atoms with Gasteiger partial charge in [-0.05, 0) is 29.8 Å². The highest BCUT2D eigenvalue weighted by molar-refractivity contribution is 6.30. The lowest BCUT2D eigenvalue weighted by atomic mass is 10.2. The lowest BCUT2D eigenvalue weighted by Gasteiger charge is -2.10. The Morgan fingerprint density at radius 3 is 2.44 bits per heavy atom. The molecule has 3 nitrogen and oxygen atoms in total. The summed E-state index contributed by atoms with van der Waals surface area (Å²) in [5.74, 6) is 1.36. The van der Waals surface area contributed by atoms with Crippen LogP contribution in [0, 0.1) is 0 Å². The molecular weight excluding hydrogens is 250 g/mol. The van der Waals surface area contributed by atoms with Gasteiger partial charge in [0.25, 0.3) is 0 Å². The SMILES string of the molecule is COc1ccc(OCc2ccc(Cl)cc2)c(N)c1. The molecule has 0 aliphatic rings. The Kier molecular flexibility index (Phi) is 3.95. The predicted octanol–water partition coefficient (Wildman–Crippen LogP) is 3.51. The third kappa shape index (κ3) is 3.08. The van der Waals surface area contributed by atoms with Gasteiger partial charge in [0, 0.05) is 11.1 Å². The number of hydrogen-bond acceptors (Lipinski definition) is 3. The Bertz CT molecular complexity index is 526. The second-order valence-electron chi connectivity index (χ2n) is 3.82. The van der Waals surface area contributed by atoms with Crippen LogP contribution < -0.4 is 15.2 Å². The number of halogens is 1. The molecular formula is C14H14ClNO2. The molecule has 0 saturated carbocycles. The minimum absolute atomic E-state index is 0.452. The first kappa shape index (κ1) is 12.6. The summed E-state index contributed by atoms with van der Waals surface area (Å²) in [6.07, 6.45) is 0. The van der Waals surface area contributed by atoms with Gasteiger partial charge in [-0.2, -0.15) is 0 Å². The van der Waals surface area contributed by atoms with Crippen LogP contribution in [-0.2, 0) is 6.61 Å². The molecule has 18 heavy (non-hydrogen) atoms. The fraction of sp³-hybridized carbons (Fsp3) is 0.143. The minimum atomic E-state index is 0.452. The second kappa shape index (κ2) is 5.65. The zero-order valence-corrected chi connectivity index (χ0v) is 10.8. The number of methoxy groups -OCH3 is 1. The Hall–Kier alpha value is -1.87. The Labute approximate surface area is 111 Å². The molecule has 0 bridgehead atoms. The van der Waals surface area contributed by atoms with Crippen LogP contribution in [0.25, 0.3) is 0 Å². The maximum atomic E-state index is 5.86. The van der Waals surface area contributed by atoms with Crippen molar-refractivity contribution in [2.45, 2.75) is 6.61 Å². The van der Waals surface area contributed by atoms with Crippen molar-refractivity contribution in [1.29, 1.82) is 0 Å².